The Morgan fingerprint density at radius 3 is 2.70 bits per heavy atom. The standard InChI is InChI=1S/C19H27N3O/c1-2-14-12-21-13-15-4-3-5-18(19(14)15)22(10-11-23)17-8-6-16(20)7-9-17/h3-5,12-13,16-17,23H,2,6-11,20H2,1H3. The number of benzene rings is 1. The van der Waals surface area contributed by atoms with Crippen LogP contribution in [0.3, 0.4) is 0 Å². The summed E-state index contributed by atoms with van der Waals surface area (Å²) < 4.78 is 0. The number of aliphatic hydroxyl groups excluding tert-OH is 1. The molecule has 1 saturated carbocycles. The van der Waals surface area contributed by atoms with Gasteiger partial charge in [-0.25, -0.2) is 0 Å². The van der Waals surface area contributed by atoms with Crippen LogP contribution in [-0.2, 0) is 6.42 Å². The van der Waals surface area contributed by atoms with Gasteiger partial charge in [-0.1, -0.05) is 19.1 Å². The Morgan fingerprint density at radius 1 is 1.22 bits per heavy atom. The highest BCUT2D eigenvalue weighted by molar-refractivity contribution is 5.96. The molecule has 0 saturated heterocycles. The second kappa shape index (κ2) is 7.28. The second-order valence-corrected chi connectivity index (χ2v) is 6.51. The van der Waals surface area contributed by atoms with E-state index in [4.69, 9.17) is 5.73 Å². The van der Waals surface area contributed by atoms with Crippen molar-refractivity contribution in [2.24, 2.45) is 5.73 Å². The summed E-state index contributed by atoms with van der Waals surface area (Å²) in [5.41, 5.74) is 8.57. The molecule has 2 aromatic rings. The van der Waals surface area contributed by atoms with E-state index in [-0.39, 0.29) is 6.61 Å². The van der Waals surface area contributed by atoms with Crippen LogP contribution >= 0.6 is 0 Å². The molecule has 0 radical (unpaired) electrons. The lowest BCUT2D eigenvalue weighted by Gasteiger charge is -2.38. The van der Waals surface area contributed by atoms with Crippen molar-refractivity contribution in [3.63, 3.8) is 0 Å². The monoisotopic (exact) mass is 313 g/mol. The molecule has 1 fully saturated rings. The van der Waals surface area contributed by atoms with Crippen LogP contribution in [0.15, 0.2) is 30.6 Å². The van der Waals surface area contributed by atoms with Crippen LogP contribution < -0.4 is 10.6 Å². The molecule has 0 bridgehead atoms. The van der Waals surface area contributed by atoms with Crippen molar-refractivity contribution in [3.05, 3.63) is 36.2 Å². The van der Waals surface area contributed by atoms with Gasteiger partial charge in [-0.3, -0.25) is 4.98 Å². The average Bonchev–Trinajstić information content (AvgIpc) is 2.59. The average molecular weight is 313 g/mol. The molecule has 0 amide bonds. The second-order valence-electron chi connectivity index (χ2n) is 6.51. The van der Waals surface area contributed by atoms with E-state index in [2.05, 4.69) is 35.0 Å². The Kier molecular flexibility index (Phi) is 5.13. The summed E-state index contributed by atoms with van der Waals surface area (Å²) in [5.74, 6) is 0. The van der Waals surface area contributed by atoms with Crippen LogP contribution in [0, 0.1) is 0 Å². The van der Waals surface area contributed by atoms with Crippen LogP contribution in [0.5, 0.6) is 0 Å². The fourth-order valence-corrected chi connectivity index (χ4v) is 3.82. The smallest absolute Gasteiger partial charge is 0.0606 e. The number of hydrogen-bond acceptors (Lipinski definition) is 4. The molecule has 3 N–H and O–H groups in total. The maximum atomic E-state index is 9.60. The maximum Gasteiger partial charge on any atom is 0.0606 e. The first kappa shape index (κ1) is 16.2. The predicted octanol–water partition coefficient (Wildman–Crippen LogP) is 2.87. The lowest BCUT2D eigenvalue weighted by Crippen LogP contribution is -2.42. The molecule has 0 aliphatic heterocycles. The van der Waals surface area contributed by atoms with E-state index < -0.39 is 0 Å². The minimum Gasteiger partial charge on any atom is -0.395 e. The quantitative estimate of drug-likeness (QED) is 0.891. The molecule has 4 heteroatoms. The van der Waals surface area contributed by atoms with Gasteiger partial charge in [-0.05, 0) is 43.7 Å². The molecule has 1 aliphatic rings. The summed E-state index contributed by atoms with van der Waals surface area (Å²) >= 11 is 0. The molecule has 1 aliphatic carbocycles. The van der Waals surface area contributed by atoms with Gasteiger partial charge in [0.25, 0.3) is 0 Å². The van der Waals surface area contributed by atoms with Gasteiger partial charge in [0, 0.05) is 47.5 Å². The Morgan fingerprint density at radius 2 is 2.00 bits per heavy atom. The van der Waals surface area contributed by atoms with E-state index in [1.165, 1.54) is 22.0 Å². The van der Waals surface area contributed by atoms with E-state index >= 15 is 0 Å². The lowest BCUT2D eigenvalue weighted by molar-refractivity contribution is 0.287. The molecular formula is C19H27N3O. The number of rotatable bonds is 5. The Bertz CT molecular complexity index is 645. The topological polar surface area (TPSA) is 62.4 Å². The van der Waals surface area contributed by atoms with E-state index in [9.17, 15) is 5.11 Å². The molecule has 1 heterocycles. The zero-order valence-corrected chi connectivity index (χ0v) is 13.9. The molecule has 4 nitrogen and oxygen atoms in total. The molecule has 1 aromatic carbocycles. The number of hydrogen-bond donors (Lipinski definition) is 2. The summed E-state index contributed by atoms with van der Waals surface area (Å²) in [6.45, 7) is 3.01. The summed E-state index contributed by atoms with van der Waals surface area (Å²) in [7, 11) is 0. The Labute approximate surface area is 138 Å². The van der Waals surface area contributed by atoms with Crippen LogP contribution in [-0.4, -0.2) is 35.3 Å². The fraction of sp³-hybridized carbons (Fsp3) is 0.526. The molecule has 124 valence electrons. The number of aromatic nitrogens is 1. The van der Waals surface area contributed by atoms with Crippen LogP contribution in [0.25, 0.3) is 10.8 Å². The van der Waals surface area contributed by atoms with E-state index in [1.54, 1.807) is 0 Å². The van der Waals surface area contributed by atoms with Gasteiger partial charge in [0.2, 0.25) is 0 Å². The van der Waals surface area contributed by atoms with Crippen molar-refractivity contribution in [2.45, 2.75) is 51.1 Å². The van der Waals surface area contributed by atoms with Gasteiger partial charge in [-0.15, -0.1) is 0 Å². The summed E-state index contributed by atoms with van der Waals surface area (Å²) in [5, 5.41) is 12.1. The first-order chi connectivity index (χ1) is 11.2. The van der Waals surface area contributed by atoms with E-state index in [0.29, 0.717) is 18.6 Å². The van der Waals surface area contributed by atoms with Crippen LogP contribution in [0.4, 0.5) is 5.69 Å². The number of nitrogens with two attached hydrogens (primary N) is 1. The zero-order chi connectivity index (χ0) is 16.2. The van der Waals surface area contributed by atoms with Crippen molar-refractivity contribution < 1.29 is 5.11 Å². The van der Waals surface area contributed by atoms with Gasteiger partial charge in [0.15, 0.2) is 0 Å². The third-order valence-corrected chi connectivity index (χ3v) is 5.05. The minimum absolute atomic E-state index is 0.172. The molecule has 0 unspecified atom stereocenters. The molecular weight excluding hydrogens is 286 g/mol. The highest BCUT2D eigenvalue weighted by Gasteiger charge is 2.25. The highest BCUT2D eigenvalue weighted by atomic mass is 16.3. The summed E-state index contributed by atoms with van der Waals surface area (Å²) in [6.07, 6.45) is 9.21. The number of aliphatic hydroxyl groups is 1. The zero-order valence-electron chi connectivity index (χ0n) is 13.9. The fourth-order valence-electron chi connectivity index (χ4n) is 3.82. The van der Waals surface area contributed by atoms with Crippen LogP contribution in [0.2, 0.25) is 0 Å². The predicted molar refractivity (Wildman–Crippen MR) is 95.8 cm³/mol. The largest absolute Gasteiger partial charge is 0.395 e. The van der Waals surface area contributed by atoms with Gasteiger partial charge < -0.3 is 15.7 Å². The van der Waals surface area contributed by atoms with Gasteiger partial charge >= 0.3 is 0 Å². The van der Waals surface area contributed by atoms with E-state index in [0.717, 1.165) is 32.1 Å². The van der Waals surface area contributed by atoms with E-state index in [1.807, 2.05) is 12.4 Å². The van der Waals surface area contributed by atoms with Gasteiger partial charge in [0.1, 0.15) is 0 Å². The van der Waals surface area contributed by atoms with Crippen molar-refractivity contribution in [1.82, 2.24) is 4.98 Å². The molecule has 0 atom stereocenters. The number of anilines is 1. The van der Waals surface area contributed by atoms with Crippen molar-refractivity contribution in [2.75, 3.05) is 18.1 Å². The SMILES string of the molecule is CCc1cncc2cccc(N(CCO)C3CCC(N)CC3)c12. The third kappa shape index (κ3) is 3.33. The highest BCUT2D eigenvalue weighted by Crippen LogP contribution is 2.34. The number of fused-ring (bicyclic) bond motifs is 1. The van der Waals surface area contributed by atoms with Crippen molar-refractivity contribution in [3.8, 4) is 0 Å². The first-order valence-corrected chi connectivity index (χ1v) is 8.73. The molecule has 0 spiro atoms. The van der Waals surface area contributed by atoms with Crippen molar-refractivity contribution >= 4 is 16.5 Å². The Balaban J connectivity index is 2.04. The van der Waals surface area contributed by atoms with Crippen LogP contribution in [0.1, 0.15) is 38.2 Å². The minimum atomic E-state index is 0.172. The molecule has 23 heavy (non-hydrogen) atoms. The lowest BCUT2D eigenvalue weighted by atomic mass is 9.90. The first-order valence-electron chi connectivity index (χ1n) is 8.73. The normalized spacial score (nSPS) is 21.5. The third-order valence-electron chi connectivity index (χ3n) is 5.05. The number of aryl methyl sites for hydroxylation is 1. The maximum absolute atomic E-state index is 9.60. The van der Waals surface area contributed by atoms with Crippen molar-refractivity contribution in [1.29, 1.82) is 0 Å². The Hall–Kier alpha value is -1.65. The number of nitrogens with zero attached hydrogens (tertiary/aromatic N) is 2. The van der Waals surface area contributed by atoms with Gasteiger partial charge in [-0.2, -0.15) is 0 Å². The summed E-state index contributed by atoms with van der Waals surface area (Å²) in [4.78, 5) is 6.76. The molecule has 3 rings (SSSR count). The summed E-state index contributed by atoms with van der Waals surface area (Å²) in [6, 6.07) is 7.21. The van der Waals surface area contributed by atoms with Gasteiger partial charge in [0.05, 0.1) is 6.61 Å². The number of pyridine rings is 1. The molecule has 1 aromatic heterocycles.